The molecule has 3 heterocycles. The van der Waals surface area contributed by atoms with Crippen LogP contribution in [0.5, 0.6) is 0 Å². The lowest BCUT2D eigenvalue weighted by Crippen LogP contribution is -2.71. The van der Waals surface area contributed by atoms with Gasteiger partial charge in [-0.25, -0.2) is 9.89 Å². The van der Waals surface area contributed by atoms with Crippen molar-refractivity contribution in [2.75, 3.05) is 12.3 Å². The number of nitrogens with zero attached hydrogens (tertiary/aromatic N) is 4. The highest BCUT2D eigenvalue weighted by atomic mass is 32.2. The van der Waals surface area contributed by atoms with Gasteiger partial charge in [0, 0.05) is 17.5 Å². The van der Waals surface area contributed by atoms with Gasteiger partial charge in [-0.15, -0.1) is 16.9 Å². The van der Waals surface area contributed by atoms with Crippen molar-refractivity contribution in [3.8, 4) is 0 Å². The maximum atomic E-state index is 13.1. The minimum Gasteiger partial charge on any atom is -0.477 e. The first-order valence-electron chi connectivity index (χ1n) is 11.1. The molecule has 4 rings (SSSR count). The van der Waals surface area contributed by atoms with Crippen molar-refractivity contribution in [3.05, 3.63) is 47.2 Å². The number of rotatable bonds is 12. The molecule has 0 bridgehead atoms. The first kappa shape index (κ1) is 29.9. The van der Waals surface area contributed by atoms with Gasteiger partial charge in [0.2, 0.25) is 11.1 Å². The molecule has 4 atom stereocenters. The van der Waals surface area contributed by atoms with Crippen molar-refractivity contribution in [1.82, 2.24) is 35.6 Å². The summed E-state index contributed by atoms with van der Waals surface area (Å²) in [6.07, 6.45) is -0.0300. The molecule has 17 nitrogen and oxygen atoms in total. The van der Waals surface area contributed by atoms with Crippen LogP contribution in [0.2, 0.25) is 0 Å². The van der Waals surface area contributed by atoms with Crippen LogP contribution in [-0.4, -0.2) is 103 Å². The van der Waals surface area contributed by atoms with Crippen LogP contribution in [0.3, 0.4) is 0 Å². The second-order valence-electron chi connectivity index (χ2n) is 8.35. The highest BCUT2D eigenvalue weighted by Crippen LogP contribution is 2.44. The van der Waals surface area contributed by atoms with E-state index in [9.17, 15) is 40.9 Å². The van der Waals surface area contributed by atoms with Crippen molar-refractivity contribution in [2.45, 2.75) is 33.5 Å². The van der Waals surface area contributed by atoms with Crippen LogP contribution >= 0.6 is 23.5 Å². The molecule has 1 aromatic carbocycles. The van der Waals surface area contributed by atoms with Gasteiger partial charge in [-0.05, 0) is 28.0 Å². The molecule has 40 heavy (non-hydrogen) atoms. The normalized spacial score (nSPS) is 20.9. The molecule has 0 spiro atoms. The monoisotopic (exact) mass is 635 g/mol. The molecule has 0 aliphatic carbocycles. The molecule has 2 aliphatic heterocycles. The van der Waals surface area contributed by atoms with E-state index in [1.165, 1.54) is 24.3 Å². The lowest BCUT2D eigenvalue weighted by molar-refractivity contribution is -0.150. The van der Waals surface area contributed by atoms with E-state index in [-0.39, 0.29) is 35.0 Å². The average Bonchev–Trinajstić information content (AvgIpc) is 3.38. The van der Waals surface area contributed by atoms with Gasteiger partial charge < -0.3 is 10.4 Å². The smallest absolute Gasteiger partial charge is 0.352 e. The Labute approximate surface area is 235 Å². The number of carboxylic acids is 1. The standard InChI is InChI=1S/C19H21N7O10S4/c27-15(14(39(31,32)33)9-4-2-1-3-5-9)21-12-16(28)26-13(18(29)30)10(8-37-17(12)26)11(6-7-20-40(34,35)36)38-19-22-24-25-23-19/h1-5,11-12,14,17,20H,6-8H2,(H,21,27)(H,29,30)(H,31,32,33)(H,34,35,36)(H,22,23,24,25)/t11?,12?,14?,17-/m0/s1. The number of hydrogen-bond donors (Lipinski definition) is 6. The van der Waals surface area contributed by atoms with E-state index in [0.717, 1.165) is 28.4 Å². The Hall–Kier alpha value is -3.08. The number of H-pyrrole nitrogens is 1. The van der Waals surface area contributed by atoms with E-state index in [2.05, 4.69) is 25.9 Å². The summed E-state index contributed by atoms with van der Waals surface area (Å²) in [7, 11) is -9.44. The summed E-state index contributed by atoms with van der Waals surface area (Å²) in [6, 6.07) is 5.86. The van der Waals surface area contributed by atoms with Gasteiger partial charge in [-0.3, -0.25) is 23.6 Å². The molecule has 2 amide bonds. The zero-order valence-corrected chi connectivity index (χ0v) is 23.2. The summed E-state index contributed by atoms with van der Waals surface area (Å²) in [5.41, 5.74) is -0.202. The number of amides is 2. The number of fused-ring (bicyclic) bond motifs is 1. The van der Waals surface area contributed by atoms with Crippen LogP contribution in [0.4, 0.5) is 0 Å². The van der Waals surface area contributed by atoms with Gasteiger partial charge in [0.25, 0.3) is 16.0 Å². The highest BCUT2D eigenvalue weighted by Gasteiger charge is 2.55. The Kier molecular flexibility index (Phi) is 8.82. The Morgan fingerprint density at radius 1 is 1.20 bits per heavy atom. The predicted molar refractivity (Wildman–Crippen MR) is 138 cm³/mol. The lowest BCUT2D eigenvalue weighted by Gasteiger charge is -2.50. The van der Waals surface area contributed by atoms with Crippen LogP contribution in [0.25, 0.3) is 0 Å². The Morgan fingerprint density at radius 2 is 1.90 bits per heavy atom. The molecule has 2 aliphatic rings. The van der Waals surface area contributed by atoms with Crippen LogP contribution in [0.15, 0.2) is 46.8 Å². The molecule has 1 fully saturated rings. The minimum atomic E-state index is -4.92. The minimum absolute atomic E-state index is 0.0218. The van der Waals surface area contributed by atoms with Gasteiger partial charge in [-0.2, -0.15) is 21.6 Å². The van der Waals surface area contributed by atoms with Crippen molar-refractivity contribution in [2.24, 2.45) is 0 Å². The molecule has 21 heteroatoms. The third-order valence-corrected chi connectivity index (χ3v) is 9.95. The fraction of sp³-hybridized carbons (Fsp3) is 0.368. The summed E-state index contributed by atoms with van der Waals surface area (Å²) < 4.78 is 66.8. The van der Waals surface area contributed by atoms with Gasteiger partial charge in [0.1, 0.15) is 17.1 Å². The Morgan fingerprint density at radius 3 is 2.48 bits per heavy atom. The molecule has 3 unspecified atom stereocenters. The number of carbonyl (C=O) groups excluding carboxylic acids is 2. The van der Waals surface area contributed by atoms with Crippen molar-refractivity contribution >= 4 is 61.7 Å². The molecule has 0 saturated carbocycles. The van der Waals surface area contributed by atoms with E-state index in [1.54, 1.807) is 6.07 Å². The maximum absolute atomic E-state index is 13.1. The number of tetrazole rings is 1. The first-order chi connectivity index (χ1) is 18.8. The molecular weight excluding hydrogens is 615 g/mol. The Balaban J connectivity index is 1.58. The molecule has 1 saturated heterocycles. The fourth-order valence-electron chi connectivity index (χ4n) is 4.16. The SMILES string of the molecule is O=C(O)C1=C(C(CCNS(=O)(=O)O)Sc2nnn[nH]2)CS[C@H]2C(NC(=O)C(c3ccccc3)S(=O)(=O)O)C(=O)N12. The van der Waals surface area contributed by atoms with Crippen LogP contribution < -0.4 is 10.0 Å². The Bertz CT molecular complexity index is 1530. The third kappa shape index (κ3) is 6.62. The zero-order chi connectivity index (χ0) is 29.2. The number of hydrogen-bond acceptors (Lipinski definition) is 12. The van der Waals surface area contributed by atoms with Gasteiger partial charge in [0.05, 0.1) is 0 Å². The molecular formula is C19H21N7O10S4. The number of carboxylic acid groups (broad SMARTS) is 1. The van der Waals surface area contributed by atoms with E-state index < -0.39 is 65.8 Å². The number of carbonyl (C=O) groups is 3. The van der Waals surface area contributed by atoms with E-state index >= 15 is 0 Å². The third-order valence-electron chi connectivity index (χ3n) is 5.80. The van der Waals surface area contributed by atoms with Crippen molar-refractivity contribution in [3.63, 3.8) is 0 Å². The van der Waals surface area contributed by atoms with Gasteiger partial charge in [-0.1, -0.05) is 42.1 Å². The summed E-state index contributed by atoms with van der Waals surface area (Å²) in [4.78, 5) is 39.3. The number of thioether (sulfide) groups is 2. The summed E-state index contributed by atoms with van der Waals surface area (Å²) >= 11 is 2.06. The molecule has 216 valence electrons. The fourth-order valence-corrected chi connectivity index (χ4v) is 7.93. The largest absolute Gasteiger partial charge is 0.477 e. The van der Waals surface area contributed by atoms with E-state index in [0.29, 0.717) is 0 Å². The highest BCUT2D eigenvalue weighted by molar-refractivity contribution is 8.01. The summed E-state index contributed by atoms with van der Waals surface area (Å²) in [6.45, 7) is -0.286. The van der Waals surface area contributed by atoms with Crippen molar-refractivity contribution in [1.29, 1.82) is 0 Å². The van der Waals surface area contributed by atoms with Crippen LogP contribution in [-0.2, 0) is 34.8 Å². The average molecular weight is 636 g/mol. The number of aliphatic carboxylic acids is 1. The molecule has 1 aromatic heterocycles. The van der Waals surface area contributed by atoms with Crippen LogP contribution in [0, 0.1) is 0 Å². The topological polar surface area (TPSA) is 262 Å². The lowest BCUT2D eigenvalue weighted by atomic mass is 10.00. The molecule has 0 radical (unpaired) electrons. The number of β-lactam (4-membered cyclic amide) rings is 1. The number of benzene rings is 1. The van der Waals surface area contributed by atoms with Gasteiger partial charge in [0.15, 0.2) is 5.25 Å². The molecule has 6 N–H and O–H groups in total. The second-order valence-corrected chi connectivity index (χ2v) is 13.4. The predicted octanol–water partition coefficient (Wildman–Crippen LogP) is -1.19. The van der Waals surface area contributed by atoms with E-state index in [4.69, 9.17) is 4.55 Å². The first-order valence-corrected chi connectivity index (χ1v) is 16.0. The quantitative estimate of drug-likeness (QED) is 0.0910. The van der Waals surface area contributed by atoms with Crippen molar-refractivity contribution < 1.29 is 45.4 Å². The summed E-state index contributed by atoms with van der Waals surface area (Å²) in [5, 5.41) is 21.9. The number of aromatic amines is 1. The second kappa shape index (κ2) is 11.8. The summed E-state index contributed by atoms with van der Waals surface area (Å²) in [5.74, 6) is -3.44. The number of aromatic nitrogens is 4. The maximum Gasteiger partial charge on any atom is 0.352 e. The number of nitrogens with one attached hydrogen (secondary N) is 3. The molecule has 2 aromatic rings. The van der Waals surface area contributed by atoms with E-state index in [1.807, 2.05) is 4.72 Å². The van der Waals surface area contributed by atoms with Crippen LogP contribution in [0.1, 0.15) is 17.2 Å². The van der Waals surface area contributed by atoms with Gasteiger partial charge >= 0.3 is 16.3 Å². The zero-order valence-electron chi connectivity index (χ0n) is 19.9.